The maximum atomic E-state index is 12.2. The molecule has 0 unspecified atom stereocenters. The fourth-order valence-corrected chi connectivity index (χ4v) is 3.18. The normalized spacial score (nSPS) is 17.0. The SMILES string of the molecule is CC(C)C[C@H](NC(=O)OC1(Cc2cccc(Cl)c2)CCC1)C(=O)O. The summed E-state index contributed by atoms with van der Waals surface area (Å²) in [4.78, 5) is 23.4. The molecule has 2 rings (SSSR count). The van der Waals surface area contributed by atoms with Gasteiger partial charge in [0.1, 0.15) is 11.6 Å². The molecule has 2 N–H and O–H groups in total. The van der Waals surface area contributed by atoms with Crippen LogP contribution in [0.25, 0.3) is 0 Å². The van der Waals surface area contributed by atoms with Crippen molar-refractivity contribution in [2.75, 3.05) is 0 Å². The number of halogens is 1. The second kappa shape index (κ2) is 7.88. The second-order valence-electron chi connectivity index (χ2n) is 6.90. The summed E-state index contributed by atoms with van der Waals surface area (Å²) in [6.07, 6.45) is 2.82. The molecule has 1 aromatic rings. The zero-order chi connectivity index (χ0) is 17.7. The van der Waals surface area contributed by atoms with Gasteiger partial charge in [-0.25, -0.2) is 9.59 Å². The predicted octanol–water partition coefficient (Wildman–Crippen LogP) is 4.03. The van der Waals surface area contributed by atoms with Gasteiger partial charge in [-0.05, 0) is 49.3 Å². The van der Waals surface area contributed by atoms with Gasteiger partial charge in [-0.3, -0.25) is 0 Å². The summed E-state index contributed by atoms with van der Waals surface area (Å²) >= 11 is 6.01. The fourth-order valence-electron chi connectivity index (χ4n) is 2.97. The zero-order valence-corrected chi connectivity index (χ0v) is 14.8. The Bertz CT molecular complexity index is 598. The van der Waals surface area contributed by atoms with Crippen LogP contribution in [0.1, 0.15) is 45.1 Å². The monoisotopic (exact) mass is 353 g/mol. The maximum Gasteiger partial charge on any atom is 0.408 e. The summed E-state index contributed by atoms with van der Waals surface area (Å²) < 4.78 is 5.62. The number of carboxylic acids is 1. The highest BCUT2D eigenvalue weighted by molar-refractivity contribution is 6.30. The lowest BCUT2D eigenvalue weighted by Crippen LogP contribution is -2.49. The molecule has 5 nitrogen and oxygen atoms in total. The molecular formula is C18H24ClNO4. The molecule has 0 bridgehead atoms. The predicted molar refractivity (Wildman–Crippen MR) is 92.2 cm³/mol. The van der Waals surface area contributed by atoms with E-state index < -0.39 is 23.7 Å². The number of carbonyl (C=O) groups excluding carboxylic acids is 1. The third-order valence-corrected chi connectivity index (χ3v) is 4.52. The summed E-state index contributed by atoms with van der Waals surface area (Å²) in [6.45, 7) is 3.82. The molecule has 0 saturated heterocycles. The van der Waals surface area contributed by atoms with Gasteiger partial charge in [-0.1, -0.05) is 37.6 Å². The van der Waals surface area contributed by atoms with Crippen LogP contribution in [0.5, 0.6) is 0 Å². The number of aliphatic carboxylic acids is 1. The highest BCUT2D eigenvalue weighted by Crippen LogP contribution is 2.39. The lowest BCUT2D eigenvalue weighted by Gasteiger charge is -2.41. The van der Waals surface area contributed by atoms with Gasteiger partial charge in [-0.15, -0.1) is 0 Å². The first-order chi connectivity index (χ1) is 11.3. The molecule has 132 valence electrons. The van der Waals surface area contributed by atoms with E-state index >= 15 is 0 Å². The van der Waals surface area contributed by atoms with Gasteiger partial charge in [0, 0.05) is 11.4 Å². The standard InChI is InChI=1S/C18H24ClNO4/c1-12(2)9-15(16(21)22)20-17(23)24-18(7-4-8-18)11-13-5-3-6-14(19)10-13/h3,5-6,10,12,15H,4,7-9,11H2,1-2H3,(H,20,23)(H,21,22)/t15-/m0/s1. The summed E-state index contributed by atoms with van der Waals surface area (Å²) in [7, 11) is 0. The van der Waals surface area contributed by atoms with Crippen molar-refractivity contribution >= 4 is 23.7 Å². The van der Waals surface area contributed by atoms with E-state index in [4.69, 9.17) is 16.3 Å². The zero-order valence-electron chi connectivity index (χ0n) is 14.0. The molecule has 1 atom stereocenters. The molecule has 0 radical (unpaired) electrons. The van der Waals surface area contributed by atoms with Crippen molar-refractivity contribution in [2.45, 2.75) is 57.6 Å². The summed E-state index contributed by atoms with van der Waals surface area (Å²) in [5.74, 6) is -0.881. The third kappa shape index (κ3) is 5.13. The van der Waals surface area contributed by atoms with Gasteiger partial charge in [0.05, 0.1) is 0 Å². The number of rotatable bonds is 7. The first kappa shape index (κ1) is 18.6. The molecular weight excluding hydrogens is 330 g/mol. The Balaban J connectivity index is 1.98. The Morgan fingerprint density at radius 1 is 1.38 bits per heavy atom. The van der Waals surface area contributed by atoms with Crippen molar-refractivity contribution in [1.29, 1.82) is 0 Å². The average molecular weight is 354 g/mol. The van der Waals surface area contributed by atoms with Crippen LogP contribution >= 0.6 is 11.6 Å². The Morgan fingerprint density at radius 3 is 2.58 bits per heavy atom. The lowest BCUT2D eigenvalue weighted by atomic mass is 9.76. The number of nitrogens with one attached hydrogen (secondary N) is 1. The molecule has 0 heterocycles. The number of carbonyl (C=O) groups is 2. The number of carboxylic acid groups (broad SMARTS) is 1. The van der Waals surface area contributed by atoms with Crippen molar-refractivity contribution in [3.63, 3.8) is 0 Å². The number of ether oxygens (including phenoxy) is 1. The van der Waals surface area contributed by atoms with Gasteiger partial charge in [-0.2, -0.15) is 0 Å². The number of hydrogen-bond donors (Lipinski definition) is 2. The highest BCUT2D eigenvalue weighted by atomic mass is 35.5. The largest absolute Gasteiger partial charge is 0.480 e. The molecule has 6 heteroatoms. The first-order valence-corrected chi connectivity index (χ1v) is 8.64. The van der Waals surface area contributed by atoms with Crippen LogP contribution in [-0.2, 0) is 16.0 Å². The van der Waals surface area contributed by atoms with Crippen LogP contribution < -0.4 is 5.32 Å². The van der Waals surface area contributed by atoms with E-state index in [2.05, 4.69) is 5.32 Å². The van der Waals surface area contributed by atoms with E-state index in [1.165, 1.54) is 0 Å². The first-order valence-electron chi connectivity index (χ1n) is 8.26. The van der Waals surface area contributed by atoms with Crippen LogP contribution in [-0.4, -0.2) is 28.8 Å². The summed E-state index contributed by atoms with van der Waals surface area (Å²) in [5.41, 5.74) is 0.447. The molecule has 1 aliphatic rings. The molecule has 1 fully saturated rings. The molecule has 24 heavy (non-hydrogen) atoms. The number of benzene rings is 1. The maximum absolute atomic E-state index is 12.2. The Kier molecular flexibility index (Phi) is 6.10. The van der Waals surface area contributed by atoms with E-state index in [1.807, 2.05) is 32.0 Å². The minimum atomic E-state index is -1.04. The quantitative estimate of drug-likeness (QED) is 0.776. The minimum Gasteiger partial charge on any atom is -0.480 e. The van der Waals surface area contributed by atoms with E-state index in [9.17, 15) is 14.7 Å². The van der Waals surface area contributed by atoms with Crippen molar-refractivity contribution in [3.05, 3.63) is 34.9 Å². The number of alkyl carbamates (subject to hydrolysis) is 1. The number of amides is 1. The summed E-state index contributed by atoms with van der Waals surface area (Å²) in [5, 5.41) is 12.4. The molecule has 1 aliphatic carbocycles. The second-order valence-corrected chi connectivity index (χ2v) is 7.33. The Labute approximate surface area is 147 Å². The van der Waals surface area contributed by atoms with Crippen molar-refractivity contribution in [2.24, 2.45) is 5.92 Å². The Hall–Kier alpha value is -1.75. The molecule has 1 amide bonds. The smallest absolute Gasteiger partial charge is 0.408 e. The topological polar surface area (TPSA) is 75.6 Å². The highest BCUT2D eigenvalue weighted by Gasteiger charge is 2.41. The van der Waals surface area contributed by atoms with Crippen LogP contribution in [0.2, 0.25) is 5.02 Å². The average Bonchev–Trinajstić information content (AvgIpc) is 2.43. The van der Waals surface area contributed by atoms with E-state index in [-0.39, 0.29) is 5.92 Å². The Morgan fingerprint density at radius 2 is 2.08 bits per heavy atom. The summed E-state index contributed by atoms with van der Waals surface area (Å²) in [6, 6.07) is 6.55. The van der Waals surface area contributed by atoms with Crippen LogP contribution in [0.4, 0.5) is 4.79 Å². The van der Waals surface area contributed by atoms with E-state index in [0.29, 0.717) is 17.9 Å². The van der Waals surface area contributed by atoms with E-state index in [1.54, 1.807) is 6.07 Å². The third-order valence-electron chi connectivity index (χ3n) is 4.29. The van der Waals surface area contributed by atoms with Gasteiger partial charge in [0.15, 0.2) is 0 Å². The van der Waals surface area contributed by atoms with Crippen molar-refractivity contribution in [3.8, 4) is 0 Å². The van der Waals surface area contributed by atoms with E-state index in [0.717, 1.165) is 24.8 Å². The lowest BCUT2D eigenvalue weighted by molar-refractivity contribution is -0.140. The molecule has 1 saturated carbocycles. The van der Waals surface area contributed by atoms with Crippen LogP contribution in [0.15, 0.2) is 24.3 Å². The van der Waals surface area contributed by atoms with Gasteiger partial charge in [0.25, 0.3) is 0 Å². The molecule has 1 aromatic carbocycles. The fraction of sp³-hybridized carbons (Fsp3) is 0.556. The molecule has 0 spiro atoms. The minimum absolute atomic E-state index is 0.163. The van der Waals surface area contributed by atoms with Gasteiger partial charge < -0.3 is 15.2 Å². The molecule has 0 aliphatic heterocycles. The van der Waals surface area contributed by atoms with Crippen LogP contribution in [0.3, 0.4) is 0 Å². The molecule has 0 aromatic heterocycles. The van der Waals surface area contributed by atoms with Crippen molar-refractivity contribution < 1.29 is 19.4 Å². The number of hydrogen-bond acceptors (Lipinski definition) is 3. The van der Waals surface area contributed by atoms with Crippen LogP contribution in [0, 0.1) is 5.92 Å². The van der Waals surface area contributed by atoms with Gasteiger partial charge >= 0.3 is 12.1 Å². The van der Waals surface area contributed by atoms with Gasteiger partial charge in [0.2, 0.25) is 0 Å². The van der Waals surface area contributed by atoms with Crippen molar-refractivity contribution in [1.82, 2.24) is 5.32 Å².